The first-order chi connectivity index (χ1) is 11.3. The van der Waals surface area contributed by atoms with Crippen LogP contribution in [0.2, 0.25) is 0 Å². The molecule has 1 amide bonds. The largest absolute Gasteiger partial charge is 0.327 e. The lowest BCUT2D eigenvalue weighted by molar-refractivity contribution is 0.0722. The molecule has 0 spiro atoms. The lowest BCUT2D eigenvalue weighted by Crippen LogP contribution is -2.32. The van der Waals surface area contributed by atoms with E-state index >= 15 is 0 Å². The van der Waals surface area contributed by atoms with Crippen molar-refractivity contribution in [2.45, 2.75) is 32.4 Å². The second kappa shape index (κ2) is 5.77. The van der Waals surface area contributed by atoms with Crippen molar-refractivity contribution in [2.75, 3.05) is 6.54 Å². The summed E-state index contributed by atoms with van der Waals surface area (Å²) in [4.78, 5) is 23.7. The Kier molecular flexibility index (Phi) is 3.61. The fourth-order valence-electron chi connectivity index (χ4n) is 3.42. The Hall–Kier alpha value is -2.21. The van der Waals surface area contributed by atoms with Gasteiger partial charge in [-0.1, -0.05) is 12.1 Å². The first-order valence-corrected chi connectivity index (χ1v) is 8.88. The zero-order valence-corrected chi connectivity index (χ0v) is 13.8. The molecule has 1 fully saturated rings. The summed E-state index contributed by atoms with van der Waals surface area (Å²) < 4.78 is 2.23. The molecule has 0 aliphatic carbocycles. The maximum atomic E-state index is 12.7. The number of imidazole rings is 1. The van der Waals surface area contributed by atoms with E-state index in [0.717, 1.165) is 42.8 Å². The average molecular weight is 326 g/mol. The van der Waals surface area contributed by atoms with E-state index in [2.05, 4.69) is 22.5 Å². The smallest absolute Gasteiger partial charge is 0.273 e. The van der Waals surface area contributed by atoms with Gasteiger partial charge in [0.2, 0.25) is 0 Å². The summed E-state index contributed by atoms with van der Waals surface area (Å²) in [6, 6.07) is 8.21. The van der Waals surface area contributed by atoms with Gasteiger partial charge >= 0.3 is 0 Å². The van der Waals surface area contributed by atoms with Crippen LogP contribution in [0.4, 0.5) is 0 Å². The molecule has 6 heteroatoms. The summed E-state index contributed by atoms with van der Waals surface area (Å²) in [5.74, 6) is 1.01. The minimum Gasteiger partial charge on any atom is -0.327 e. The number of fused-ring (bicyclic) bond motifs is 1. The molecule has 2 aromatic heterocycles. The third kappa shape index (κ3) is 2.34. The molecule has 0 N–H and O–H groups in total. The number of nitrogens with zero attached hydrogens (tertiary/aromatic N) is 4. The monoisotopic (exact) mass is 326 g/mol. The van der Waals surface area contributed by atoms with E-state index in [1.54, 1.807) is 5.51 Å². The number of carbonyl (C=O) groups is 1. The first-order valence-electron chi connectivity index (χ1n) is 7.94. The van der Waals surface area contributed by atoms with E-state index in [9.17, 15) is 4.79 Å². The van der Waals surface area contributed by atoms with Crippen LogP contribution in [0.5, 0.6) is 0 Å². The molecule has 0 unspecified atom stereocenters. The van der Waals surface area contributed by atoms with Crippen LogP contribution >= 0.6 is 11.3 Å². The predicted molar refractivity (Wildman–Crippen MR) is 90.5 cm³/mol. The fraction of sp³-hybridized carbons (Fsp3) is 0.353. The number of carbonyl (C=O) groups excluding carboxylic acids is 1. The van der Waals surface area contributed by atoms with E-state index < -0.39 is 0 Å². The van der Waals surface area contributed by atoms with Crippen LogP contribution in [-0.2, 0) is 6.54 Å². The molecule has 3 heterocycles. The number of hydrogen-bond donors (Lipinski definition) is 0. The summed E-state index contributed by atoms with van der Waals surface area (Å²) in [5, 5.41) is 1.82. The molecule has 0 bridgehead atoms. The third-order valence-corrected chi connectivity index (χ3v) is 5.05. The zero-order valence-electron chi connectivity index (χ0n) is 13.0. The van der Waals surface area contributed by atoms with Gasteiger partial charge in [0, 0.05) is 18.5 Å². The molecular weight excluding hydrogens is 308 g/mol. The fourth-order valence-corrected chi connectivity index (χ4v) is 3.95. The van der Waals surface area contributed by atoms with Crippen molar-refractivity contribution in [1.29, 1.82) is 0 Å². The van der Waals surface area contributed by atoms with Crippen LogP contribution < -0.4 is 0 Å². The SMILES string of the molecule is CCn1c([C@H]2CCCN2C(=O)c2cscn2)nc2ccccc21. The van der Waals surface area contributed by atoms with Crippen molar-refractivity contribution in [3.8, 4) is 0 Å². The lowest BCUT2D eigenvalue weighted by atomic mass is 10.2. The Morgan fingerprint density at radius 3 is 3.04 bits per heavy atom. The minimum atomic E-state index is 0.0171. The highest BCUT2D eigenvalue weighted by molar-refractivity contribution is 7.07. The third-order valence-electron chi connectivity index (χ3n) is 4.46. The van der Waals surface area contributed by atoms with Crippen molar-refractivity contribution in [3.63, 3.8) is 0 Å². The van der Waals surface area contributed by atoms with Gasteiger partial charge in [-0.3, -0.25) is 4.79 Å². The molecule has 1 aliphatic heterocycles. The summed E-state index contributed by atoms with van der Waals surface area (Å²) in [6.07, 6.45) is 1.96. The molecule has 4 rings (SSSR count). The molecule has 3 aromatic rings. The molecule has 1 aliphatic rings. The Balaban J connectivity index is 1.76. The van der Waals surface area contributed by atoms with Crippen molar-refractivity contribution in [1.82, 2.24) is 19.4 Å². The van der Waals surface area contributed by atoms with Gasteiger partial charge in [-0.15, -0.1) is 11.3 Å². The number of amides is 1. The number of hydrogen-bond acceptors (Lipinski definition) is 4. The van der Waals surface area contributed by atoms with Gasteiger partial charge in [0.25, 0.3) is 5.91 Å². The van der Waals surface area contributed by atoms with E-state index in [0.29, 0.717) is 5.69 Å². The van der Waals surface area contributed by atoms with Gasteiger partial charge in [-0.2, -0.15) is 0 Å². The molecule has 1 aromatic carbocycles. The Morgan fingerprint density at radius 1 is 1.39 bits per heavy atom. The number of aromatic nitrogens is 3. The number of rotatable bonds is 3. The predicted octanol–water partition coefficient (Wildman–Crippen LogP) is 3.49. The van der Waals surface area contributed by atoms with Gasteiger partial charge in [-0.25, -0.2) is 9.97 Å². The Bertz CT molecular complexity index is 840. The number of benzene rings is 1. The zero-order chi connectivity index (χ0) is 15.8. The highest BCUT2D eigenvalue weighted by Crippen LogP contribution is 2.34. The summed E-state index contributed by atoms with van der Waals surface area (Å²) in [5.41, 5.74) is 4.39. The molecule has 0 radical (unpaired) electrons. The molecule has 5 nitrogen and oxygen atoms in total. The highest BCUT2D eigenvalue weighted by atomic mass is 32.1. The van der Waals surface area contributed by atoms with Gasteiger partial charge in [0.1, 0.15) is 11.5 Å². The van der Waals surface area contributed by atoms with Crippen LogP contribution in [0.1, 0.15) is 42.1 Å². The van der Waals surface area contributed by atoms with E-state index in [1.807, 2.05) is 28.5 Å². The summed E-state index contributed by atoms with van der Waals surface area (Å²) in [6.45, 7) is 3.75. The molecule has 1 atom stereocenters. The molecule has 1 saturated heterocycles. The molecule has 118 valence electrons. The number of thiazole rings is 1. The van der Waals surface area contributed by atoms with Gasteiger partial charge < -0.3 is 9.47 Å². The van der Waals surface area contributed by atoms with Crippen molar-refractivity contribution in [2.24, 2.45) is 0 Å². The molecule has 0 saturated carbocycles. The van der Waals surface area contributed by atoms with Crippen LogP contribution in [0.15, 0.2) is 35.2 Å². The van der Waals surface area contributed by atoms with E-state index in [4.69, 9.17) is 4.98 Å². The highest BCUT2D eigenvalue weighted by Gasteiger charge is 2.34. The van der Waals surface area contributed by atoms with Crippen molar-refractivity contribution < 1.29 is 4.79 Å². The molecular formula is C17H18N4OS. The van der Waals surface area contributed by atoms with Crippen molar-refractivity contribution >= 4 is 28.3 Å². The quantitative estimate of drug-likeness (QED) is 0.740. The van der Waals surface area contributed by atoms with Gasteiger partial charge in [-0.05, 0) is 31.9 Å². The van der Waals surface area contributed by atoms with Crippen LogP contribution in [0.25, 0.3) is 11.0 Å². The van der Waals surface area contributed by atoms with Crippen LogP contribution in [-0.4, -0.2) is 31.9 Å². The van der Waals surface area contributed by atoms with Crippen molar-refractivity contribution in [3.05, 3.63) is 46.7 Å². The van der Waals surface area contributed by atoms with Gasteiger partial charge in [0.15, 0.2) is 0 Å². The number of aryl methyl sites for hydroxylation is 1. The maximum absolute atomic E-state index is 12.7. The molecule has 23 heavy (non-hydrogen) atoms. The first kappa shape index (κ1) is 14.4. The second-order valence-corrected chi connectivity index (χ2v) is 6.45. The summed E-state index contributed by atoms with van der Waals surface area (Å²) >= 11 is 1.46. The lowest BCUT2D eigenvalue weighted by Gasteiger charge is -2.24. The Morgan fingerprint density at radius 2 is 2.26 bits per heavy atom. The van der Waals surface area contributed by atoms with E-state index in [-0.39, 0.29) is 11.9 Å². The standard InChI is InChI=1S/C17H18N4OS/c1-2-20-14-7-4-3-6-12(14)19-16(20)15-8-5-9-21(15)17(22)13-10-23-11-18-13/h3-4,6-7,10-11,15H,2,5,8-9H2,1H3/t15-/m1/s1. The topological polar surface area (TPSA) is 51.0 Å². The van der Waals surface area contributed by atoms with Crippen LogP contribution in [0.3, 0.4) is 0 Å². The van der Waals surface area contributed by atoms with Gasteiger partial charge in [0.05, 0.1) is 22.6 Å². The Labute approximate surface area is 138 Å². The normalized spacial score (nSPS) is 18.0. The average Bonchev–Trinajstić information content (AvgIpc) is 3.31. The maximum Gasteiger partial charge on any atom is 0.273 e. The minimum absolute atomic E-state index is 0.0171. The summed E-state index contributed by atoms with van der Waals surface area (Å²) in [7, 11) is 0. The number of likely N-dealkylation sites (tertiary alicyclic amines) is 1. The second-order valence-electron chi connectivity index (χ2n) is 5.73. The van der Waals surface area contributed by atoms with Crippen LogP contribution in [0, 0.1) is 0 Å². The van der Waals surface area contributed by atoms with E-state index in [1.165, 1.54) is 11.3 Å². The number of para-hydroxylation sites is 2.